The fourth-order valence-electron chi connectivity index (χ4n) is 4.82. The van der Waals surface area contributed by atoms with Gasteiger partial charge in [-0.15, -0.1) is 0 Å². The van der Waals surface area contributed by atoms with Crippen LogP contribution in [0.1, 0.15) is 62.7 Å². The summed E-state index contributed by atoms with van der Waals surface area (Å²) >= 11 is 0. The smallest absolute Gasteiger partial charge is 0.314 e. The largest absolute Gasteiger partial charge is 0.491 e. The van der Waals surface area contributed by atoms with Crippen molar-refractivity contribution in [3.63, 3.8) is 0 Å². The number of aliphatic hydroxyl groups is 1. The number of ether oxygens (including phenoxy) is 2. The van der Waals surface area contributed by atoms with E-state index in [4.69, 9.17) is 9.47 Å². The zero-order chi connectivity index (χ0) is 27.6. The molecule has 1 N–H and O–H groups in total. The van der Waals surface area contributed by atoms with Gasteiger partial charge in [0.2, 0.25) is 5.82 Å². The summed E-state index contributed by atoms with van der Waals surface area (Å²) in [5.74, 6) is -7.51. The van der Waals surface area contributed by atoms with Crippen molar-refractivity contribution in [3.8, 4) is 22.6 Å². The molecule has 1 aliphatic carbocycles. The number of rotatable bonds is 7. The summed E-state index contributed by atoms with van der Waals surface area (Å²) in [4.78, 5) is 12.7. The van der Waals surface area contributed by atoms with Crippen molar-refractivity contribution in [2.75, 3.05) is 6.61 Å². The van der Waals surface area contributed by atoms with Crippen molar-refractivity contribution < 1.29 is 41.3 Å². The lowest BCUT2D eigenvalue weighted by Gasteiger charge is -2.28. The van der Waals surface area contributed by atoms with Gasteiger partial charge in [-0.25, -0.2) is 17.6 Å². The van der Waals surface area contributed by atoms with Crippen molar-refractivity contribution in [2.24, 2.45) is 5.92 Å². The molecule has 3 aromatic carbocycles. The van der Waals surface area contributed by atoms with Crippen LogP contribution in [0.2, 0.25) is 0 Å². The molecule has 38 heavy (non-hydrogen) atoms. The molecule has 0 bridgehead atoms. The topological polar surface area (TPSA) is 55.8 Å². The van der Waals surface area contributed by atoms with E-state index in [0.717, 1.165) is 6.07 Å². The molecule has 1 fully saturated rings. The maximum Gasteiger partial charge on any atom is 0.314 e. The summed E-state index contributed by atoms with van der Waals surface area (Å²) in [6, 6.07) is 8.78. The lowest BCUT2D eigenvalue weighted by Crippen LogP contribution is -2.25. The van der Waals surface area contributed by atoms with E-state index in [1.807, 2.05) is 0 Å². The van der Waals surface area contributed by atoms with Crippen molar-refractivity contribution in [1.82, 2.24) is 0 Å². The van der Waals surface area contributed by atoms with E-state index in [1.165, 1.54) is 43.3 Å². The molecule has 202 valence electrons. The molecule has 9 heteroatoms. The molecule has 1 unspecified atom stereocenters. The van der Waals surface area contributed by atoms with Crippen molar-refractivity contribution in [3.05, 3.63) is 82.7 Å². The van der Waals surface area contributed by atoms with E-state index in [9.17, 15) is 31.9 Å². The summed E-state index contributed by atoms with van der Waals surface area (Å²) in [6.45, 7) is 3.13. The molecule has 1 saturated carbocycles. The molecule has 0 aromatic heterocycles. The molecular formula is C29H27F5O4. The summed E-state index contributed by atoms with van der Waals surface area (Å²) in [6.07, 6.45) is 0.320. The van der Waals surface area contributed by atoms with Crippen LogP contribution in [-0.2, 0) is 4.79 Å². The number of aliphatic hydroxyl groups excluding tert-OH is 1. The van der Waals surface area contributed by atoms with Crippen LogP contribution in [0.25, 0.3) is 11.1 Å². The minimum Gasteiger partial charge on any atom is -0.491 e. The van der Waals surface area contributed by atoms with E-state index in [0.29, 0.717) is 25.7 Å². The van der Waals surface area contributed by atoms with Crippen LogP contribution in [0, 0.1) is 35.0 Å². The summed E-state index contributed by atoms with van der Waals surface area (Å²) in [7, 11) is 0. The normalized spacial score (nSPS) is 18.2. The van der Waals surface area contributed by atoms with Crippen molar-refractivity contribution in [2.45, 2.75) is 51.6 Å². The molecule has 0 amide bonds. The monoisotopic (exact) mass is 534 g/mol. The van der Waals surface area contributed by atoms with Gasteiger partial charge < -0.3 is 14.6 Å². The predicted molar refractivity (Wildman–Crippen MR) is 130 cm³/mol. The van der Waals surface area contributed by atoms with Crippen LogP contribution < -0.4 is 9.47 Å². The molecule has 4 rings (SSSR count). The molecule has 0 aliphatic heterocycles. The number of halogens is 5. The minimum absolute atomic E-state index is 0.0538. The second-order valence-corrected chi connectivity index (χ2v) is 9.34. The fourth-order valence-corrected chi connectivity index (χ4v) is 4.82. The number of hydrogen-bond donors (Lipinski definition) is 1. The predicted octanol–water partition coefficient (Wildman–Crippen LogP) is 7.38. The molecule has 0 radical (unpaired) electrons. The van der Waals surface area contributed by atoms with E-state index >= 15 is 0 Å². The van der Waals surface area contributed by atoms with Gasteiger partial charge >= 0.3 is 5.97 Å². The highest BCUT2D eigenvalue weighted by Gasteiger charge is 2.31. The first-order valence-electron chi connectivity index (χ1n) is 12.4. The van der Waals surface area contributed by atoms with Gasteiger partial charge in [0.05, 0.1) is 18.6 Å². The van der Waals surface area contributed by atoms with Crippen LogP contribution in [0.4, 0.5) is 22.0 Å². The molecule has 0 saturated heterocycles. The third kappa shape index (κ3) is 5.53. The first-order valence-corrected chi connectivity index (χ1v) is 12.4. The molecule has 1 aliphatic rings. The second kappa shape index (κ2) is 11.5. The third-order valence-corrected chi connectivity index (χ3v) is 6.89. The number of carbonyl (C=O) groups excluding carboxylic acids is 1. The summed E-state index contributed by atoms with van der Waals surface area (Å²) in [5.41, 5.74) is -0.0467. The van der Waals surface area contributed by atoms with Crippen LogP contribution >= 0.6 is 0 Å². The Labute approximate surface area is 217 Å². The molecule has 0 spiro atoms. The summed E-state index contributed by atoms with van der Waals surface area (Å²) < 4.78 is 82.6. The van der Waals surface area contributed by atoms with Gasteiger partial charge in [-0.1, -0.05) is 18.2 Å². The third-order valence-electron chi connectivity index (χ3n) is 6.89. The number of esters is 1. The van der Waals surface area contributed by atoms with Crippen LogP contribution in [0.15, 0.2) is 42.5 Å². The van der Waals surface area contributed by atoms with Gasteiger partial charge in [0.1, 0.15) is 0 Å². The Kier molecular flexibility index (Phi) is 8.35. The first-order chi connectivity index (χ1) is 18.1. The molecule has 0 heterocycles. The average molecular weight is 535 g/mol. The lowest BCUT2D eigenvalue weighted by atomic mass is 9.78. The van der Waals surface area contributed by atoms with Gasteiger partial charge in [-0.3, -0.25) is 4.79 Å². The number of carbonyl (C=O) groups is 1. The molecule has 3 aromatic rings. The van der Waals surface area contributed by atoms with E-state index in [1.54, 1.807) is 6.92 Å². The minimum atomic E-state index is -1.19. The highest BCUT2D eigenvalue weighted by molar-refractivity contribution is 5.76. The van der Waals surface area contributed by atoms with Gasteiger partial charge in [-0.2, -0.15) is 4.39 Å². The van der Waals surface area contributed by atoms with Gasteiger partial charge in [0.25, 0.3) is 0 Å². The van der Waals surface area contributed by atoms with E-state index in [2.05, 4.69) is 0 Å². The Balaban J connectivity index is 1.41. The number of hydrogen-bond acceptors (Lipinski definition) is 4. The van der Waals surface area contributed by atoms with Gasteiger partial charge in [0.15, 0.2) is 34.8 Å². The molecule has 1 atom stereocenters. The quantitative estimate of drug-likeness (QED) is 0.195. The first kappa shape index (κ1) is 27.6. The maximum absolute atomic E-state index is 14.7. The fraction of sp³-hybridized carbons (Fsp3) is 0.345. The second-order valence-electron chi connectivity index (χ2n) is 9.34. The van der Waals surface area contributed by atoms with Gasteiger partial charge in [0, 0.05) is 11.1 Å². The molecular weight excluding hydrogens is 507 g/mol. The molecule has 4 nitrogen and oxygen atoms in total. The van der Waals surface area contributed by atoms with Gasteiger partial charge in [-0.05, 0) is 80.8 Å². The van der Waals surface area contributed by atoms with Crippen molar-refractivity contribution >= 4 is 5.97 Å². The van der Waals surface area contributed by atoms with Crippen LogP contribution in [-0.4, -0.2) is 17.7 Å². The zero-order valence-corrected chi connectivity index (χ0v) is 20.9. The zero-order valence-electron chi connectivity index (χ0n) is 20.9. The standard InChI is InChI=1S/C29H27F5O4/c1-3-37-24-13-11-21(27(33)28(24)34)18-8-12-23(22(30)14-18)38-29(36)17-6-4-16(5-7-17)20-10-9-19(15(2)35)25(31)26(20)32/h8-17,35H,3-7H2,1-2H3. The highest BCUT2D eigenvalue weighted by atomic mass is 19.2. The Morgan fingerprint density at radius 1 is 0.895 bits per heavy atom. The average Bonchev–Trinajstić information content (AvgIpc) is 2.89. The number of benzene rings is 3. The lowest BCUT2D eigenvalue weighted by molar-refractivity contribution is -0.140. The Hall–Kier alpha value is -3.46. The Bertz CT molecular complexity index is 1330. The van der Waals surface area contributed by atoms with E-state index in [-0.39, 0.29) is 46.3 Å². The SMILES string of the molecule is CCOc1ccc(-c2ccc(OC(=O)C3CCC(c4ccc(C(C)O)c(F)c4F)CC3)c(F)c2)c(F)c1F. The Morgan fingerprint density at radius 2 is 1.58 bits per heavy atom. The van der Waals surface area contributed by atoms with Crippen LogP contribution in [0.5, 0.6) is 11.5 Å². The van der Waals surface area contributed by atoms with Crippen LogP contribution in [0.3, 0.4) is 0 Å². The highest BCUT2D eigenvalue weighted by Crippen LogP contribution is 2.39. The summed E-state index contributed by atoms with van der Waals surface area (Å²) in [5, 5.41) is 9.57. The van der Waals surface area contributed by atoms with E-state index < -0.39 is 47.1 Å². The van der Waals surface area contributed by atoms with Crippen molar-refractivity contribution in [1.29, 1.82) is 0 Å². The Morgan fingerprint density at radius 3 is 2.21 bits per heavy atom. The maximum atomic E-state index is 14.7.